The largest absolute Gasteiger partial charge is 0.433 e. The van der Waals surface area contributed by atoms with Gasteiger partial charge in [0.25, 0.3) is 0 Å². The maximum Gasteiger partial charge on any atom is 0.433 e. The van der Waals surface area contributed by atoms with Crippen molar-refractivity contribution >= 4 is 0 Å². The number of alkyl halides is 3. The highest BCUT2D eigenvalue weighted by atomic mass is 19.4. The lowest BCUT2D eigenvalue weighted by Gasteiger charge is -2.12. The van der Waals surface area contributed by atoms with Gasteiger partial charge in [-0.05, 0) is 24.6 Å². The van der Waals surface area contributed by atoms with Crippen LogP contribution in [0.4, 0.5) is 13.2 Å². The van der Waals surface area contributed by atoms with Crippen molar-refractivity contribution in [3.05, 3.63) is 47.3 Å². The molecule has 1 N–H and O–H groups in total. The highest BCUT2D eigenvalue weighted by Gasteiger charge is 2.38. The van der Waals surface area contributed by atoms with Gasteiger partial charge in [0.2, 0.25) is 0 Å². The fraction of sp³-hybridized carbons (Fsp3) is 0.250. The number of rotatable bonds is 2. The minimum atomic E-state index is -4.56. The monoisotopic (exact) mass is 256 g/mol. The molecule has 3 nitrogen and oxygen atoms in total. The normalized spacial score (nSPS) is 11.8. The zero-order valence-electron chi connectivity index (χ0n) is 9.57. The molecular weight excluding hydrogens is 245 g/mol. The zero-order chi connectivity index (χ0) is 13.3. The van der Waals surface area contributed by atoms with E-state index in [0.29, 0.717) is 5.69 Å². The smallest absolute Gasteiger partial charge is 0.392 e. The molecule has 0 aliphatic carbocycles. The van der Waals surface area contributed by atoms with E-state index < -0.39 is 18.5 Å². The second-order valence-electron chi connectivity index (χ2n) is 3.93. The first kappa shape index (κ1) is 12.6. The molecule has 0 bridgehead atoms. The van der Waals surface area contributed by atoms with Gasteiger partial charge in [-0.2, -0.15) is 18.3 Å². The van der Waals surface area contributed by atoms with Gasteiger partial charge in [0.15, 0.2) is 5.69 Å². The quantitative estimate of drug-likeness (QED) is 0.897. The highest BCUT2D eigenvalue weighted by molar-refractivity contribution is 5.38. The van der Waals surface area contributed by atoms with E-state index in [1.165, 1.54) is 6.07 Å². The molecule has 96 valence electrons. The number of aliphatic hydroxyl groups excluding tert-OH is 1. The van der Waals surface area contributed by atoms with Gasteiger partial charge in [-0.1, -0.05) is 12.1 Å². The highest BCUT2D eigenvalue weighted by Crippen LogP contribution is 2.33. The van der Waals surface area contributed by atoms with Gasteiger partial charge in [-0.25, -0.2) is 4.68 Å². The molecule has 0 unspecified atom stereocenters. The summed E-state index contributed by atoms with van der Waals surface area (Å²) in [6.45, 7) is 1.09. The van der Waals surface area contributed by atoms with Crippen LogP contribution in [0.25, 0.3) is 5.69 Å². The van der Waals surface area contributed by atoms with E-state index in [2.05, 4.69) is 5.10 Å². The molecule has 0 saturated heterocycles. The summed E-state index contributed by atoms with van der Waals surface area (Å²) in [5.41, 5.74) is -0.0108. The average Bonchev–Trinajstić information content (AvgIpc) is 2.72. The Labute approximate surface area is 101 Å². The molecule has 0 fully saturated rings. The van der Waals surface area contributed by atoms with Crippen molar-refractivity contribution in [1.82, 2.24) is 9.78 Å². The molecule has 0 atom stereocenters. The number of aryl methyl sites for hydroxylation is 1. The molecule has 0 aliphatic rings. The standard InChI is InChI=1S/C12H11F3N2O/c1-8-3-2-4-10(5-8)17-11(12(13,14)15)9(7-18)6-16-17/h2-6,18H,7H2,1H3. The predicted octanol–water partition coefficient (Wildman–Crippen LogP) is 2.69. The van der Waals surface area contributed by atoms with Crippen LogP contribution in [0.3, 0.4) is 0 Å². The summed E-state index contributed by atoms with van der Waals surface area (Å²) in [5.74, 6) is 0. The summed E-state index contributed by atoms with van der Waals surface area (Å²) in [5, 5.41) is 12.6. The third-order valence-corrected chi connectivity index (χ3v) is 2.53. The molecule has 0 radical (unpaired) electrons. The molecule has 2 rings (SSSR count). The van der Waals surface area contributed by atoms with Crippen LogP contribution >= 0.6 is 0 Å². The Balaban J connectivity index is 2.62. The molecule has 18 heavy (non-hydrogen) atoms. The summed E-state index contributed by atoms with van der Waals surface area (Å²) in [7, 11) is 0. The molecule has 2 aromatic rings. The van der Waals surface area contributed by atoms with Crippen molar-refractivity contribution < 1.29 is 18.3 Å². The third kappa shape index (κ3) is 2.24. The van der Waals surface area contributed by atoms with Crippen LogP contribution in [-0.2, 0) is 12.8 Å². The third-order valence-electron chi connectivity index (χ3n) is 2.53. The van der Waals surface area contributed by atoms with E-state index >= 15 is 0 Å². The Morgan fingerprint density at radius 2 is 2.06 bits per heavy atom. The number of aliphatic hydroxyl groups is 1. The van der Waals surface area contributed by atoms with Crippen molar-refractivity contribution in [2.75, 3.05) is 0 Å². The van der Waals surface area contributed by atoms with E-state index in [1.54, 1.807) is 25.1 Å². The number of hydrogen-bond acceptors (Lipinski definition) is 2. The summed E-state index contributed by atoms with van der Waals surface area (Å²) in [4.78, 5) is 0. The van der Waals surface area contributed by atoms with Crippen molar-refractivity contribution in [2.45, 2.75) is 19.7 Å². The maximum atomic E-state index is 12.9. The molecule has 1 heterocycles. The Hall–Kier alpha value is -1.82. The van der Waals surface area contributed by atoms with Crippen LogP contribution in [0, 0.1) is 6.92 Å². The fourth-order valence-electron chi connectivity index (χ4n) is 1.76. The lowest BCUT2D eigenvalue weighted by atomic mass is 10.2. The van der Waals surface area contributed by atoms with E-state index in [0.717, 1.165) is 16.4 Å². The topological polar surface area (TPSA) is 38.0 Å². The van der Waals surface area contributed by atoms with Crippen molar-refractivity contribution in [3.63, 3.8) is 0 Å². The second-order valence-corrected chi connectivity index (χ2v) is 3.93. The molecule has 0 aliphatic heterocycles. The molecule has 1 aromatic heterocycles. The molecule has 0 spiro atoms. The molecule has 6 heteroatoms. The van der Waals surface area contributed by atoms with Crippen LogP contribution in [0.5, 0.6) is 0 Å². The van der Waals surface area contributed by atoms with Gasteiger partial charge in [-0.3, -0.25) is 0 Å². The number of benzene rings is 1. The number of halogens is 3. The summed E-state index contributed by atoms with van der Waals surface area (Å²) < 4.78 is 39.6. The van der Waals surface area contributed by atoms with E-state index in [4.69, 9.17) is 5.11 Å². The SMILES string of the molecule is Cc1cccc(-n2ncc(CO)c2C(F)(F)F)c1. The first-order chi connectivity index (χ1) is 8.43. The second kappa shape index (κ2) is 4.45. The Morgan fingerprint density at radius 3 is 2.61 bits per heavy atom. The average molecular weight is 256 g/mol. The Bertz CT molecular complexity index is 561. The first-order valence-corrected chi connectivity index (χ1v) is 5.25. The van der Waals surface area contributed by atoms with E-state index in [-0.39, 0.29) is 5.56 Å². The van der Waals surface area contributed by atoms with Crippen LogP contribution in [0.2, 0.25) is 0 Å². The maximum absolute atomic E-state index is 12.9. The molecular formula is C12H11F3N2O. The van der Waals surface area contributed by atoms with Crippen LogP contribution < -0.4 is 0 Å². The minimum absolute atomic E-state index is 0.232. The summed E-state index contributed by atoms with van der Waals surface area (Å²) in [6, 6.07) is 6.58. The fourth-order valence-corrected chi connectivity index (χ4v) is 1.76. The lowest BCUT2D eigenvalue weighted by molar-refractivity contribution is -0.143. The lowest BCUT2D eigenvalue weighted by Crippen LogP contribution is -2.15. The minimum Gasteiger partial charge on any atom is -0.392 e. The van der Waals surface area contributed by atoms with E-state index in [1.807, 2.05) is 0 Å². The van der Waals surface area contributed by atoms with Crippen LogP contribution in [0.1, 0.15) is 16.8 Å². The number of hydrogen-bond donors (Lipinski definition) is 1. The number of aromatic nitrogens is 2. The zero-order valence-corrected chi connectivity index (χ0v) is 9.57. The van der Waals surface area contributed by atoms with Crippen molar-refractivity contribution in [2.24, 2.45) is 0 Å². The van der Waals surface area contributed by atoms with Crippen molar-refractivity contribution in [1.29, 1.82) is 0 Å². The van der Waals surface area contributed by atoms with Gasteiger partial charge >= 0.3 is 6.18 Å². The van der Waals surface area contributed by atoms with Gasteiger partial charge in [0, 0.05) is 5.56 Å². The summed E-state index contributed by atoms with van der Waals surface area (Å²) in [6.07, 6.45) is -3.52. The predicted molar refractivity (Wildman–Crippen MR) is 59.2 cm³/mol. The Kier molecular flexibility index (Phi) is 3.13. The van der Waals surface area contributed by atoms with Gasteiger partial charge < -0.3 is 5.11 Å². The van der Waals surface area contributed by atoms with Gasteiger partial charge in [-0.15, -0.1) is 0 Å². The summed E-state index contributed by atoms with van der Waals surface area (Å²) >= 11 is 0. The van der Waals surface area contributed by atoms with E-state index in [9.17, 15) is 13.2 Å². The number of nitrogens with zero attached hydrogens (tertiary/aromatic N) is 2. The first-order valence-electron chi connectivity index (χ1n) is 5.25. The van der Waals surface area contributed by atoms with Crippen LogP contribution in [0.15, 0.2) is 30.5 Å². The molecule has 0 saturated carbocycles. The van der Waals surface area contributed by atoms with Gasteiger partial charge in [0.05, 0.1) is 18.5 Å². The van der Waals surface area contributed by atoms with Gasteiger partial charge in [0.1, 0.15) is 0 Å². The molecule has 1 aromatic carbocycles. The van der Waals surface area contributed by atoms with Crippen molar-refractivity contribution in [3.8, 4) is 5.69 Å². The molecule has 0 amide bonds. The Morgan fingerprint density at radius 1 is 1.33 bits per heavy atom. The van der Waals surface area contributed by atoms with Crippen LogP contribution in [-0.4, -0.2) is 14.9 Å².